The van der Waals surface area contributed by atoms with Crippen LogP contribution in [0.5, 0.6) is 0 Å². The number of amides is 2. The molecule has 1 aliphatic carbocycles. The zero-order chi connectivity index (χ0) is 15.4. The number of nitrogens with zero attached hydrogens (tertiary/aromatic N) is 1. The molecule has 21 heavy (non-hydrogen) atoms. The molecule has 1 saturated carbocycles. The predicted molar refractivity (Wildman–Crippen MR) is 76.6 cm³/mol. The molecule has 0 bridgehead atoms. The summed E-state index contributed by atoms with van der Waals surface area (Å²) in [5.74, 6) is -1.01. The highest BCUT2D eigenvalue weighted by Crippen LogP contribution is 2.25. The lowest BCUT2D eigenvalue weighted by molar-refractivity contribution is -0.148. The van der Waals surface area contributed by atoms with Gasteiger partial charge in [0.15, 0.2) is 0 Å². The van der Waals surface area contributed by atoms with Crippen LogP contribution in [0.3, 0.4) is 0 Å². The monoisotopic (exact) mass is 296 g/mol. The second-order valence-electron chi connectivity index (χ2n) is 6.18. The number of nitrogens with one attached hydrogen (secondary N) is 1. The van der Waals surface area contributed by atoms with Gasteiger partial charge in [0.25, 0.3) is 0 Å². The van der Waals surface area contributed by atoms with Gasteiger partial charge in [-0.05, 0) is 32.6 Å². The standard InChI is InChI=1S/C15H24N2O4/c1-10(16-14(19)11-5-2-3-6-11)9-13(18)17-8-4-7-12(17)15(20)21/h10-12H,2-9H2,1H3,(H,16,19)(H,20,21)/t10?,12-/m1/s1. The summed E-state index contributed by atoms with van der Waals surface area (Å²) in [5.41, 5.74) is 0. The number of carboxylic acid groups (broad SMARTS) is 1. The number of rotatable bonds is 5. The molecule has 0 aromatic heterocycles. The molecular formula is C15H24N2O4. The fraction of sp³-hybridized carbons (Fsp3) is 0.800. The summed E-state index contributed by atoms with van der Waals surface area (Å²) in [6.45, 7) is 2.30. The number of carbonyl (C=O) groups is 3. The summed E-state index contributed by atoms with van der Waals surface area (Å²) in [5, 5.41) is 12.0. The van der Waals surface area contributed by atoms with E-state index >= 15 is 0 Å². The van der Waals surface area contributed by atoms with Gasteiger partial charge >= 0.3 is 5.97 Å². The maximum atomic E-state index is 12.2. The molecule has 118 valence electrons. The Balaban J connectivity index is 1.81. The zero-order valence-corrected chi connectivity index (χ0v) is 12.5. The van der Waals surface area contributed by atoms with Gasteiger partial charge in [-0.3, -0.25) is 9.59 Å². The van der Waals surface area contributed by atoms with Crippen LogP contribution in [-0.2, 0) is 14.4 Å². The van der Waals surface area contributed by atoms with Crippen molar-refractivity contribution < 1.29 is 19.5 Å². The summed E-state index contributed by atoms with van der Waals surface area (Å²) >= 11 is 0. The number of likely N-dealkylation sites (tertiary alicyclic amines) is 1. The third-order valence-electron chi connectivity index (χ3n) is 4.45. The van der Waals surface area contributed by atoms with Gasteiger partial charge in [0.2, 0.25) is 11.8 Å². The average Bonchev–Trinajstić information content (AvgIpc) is 3.10. The van der Waals surface area contributed by atoms with E-state index in [0.717, 1.165) is 32.1 Å². The average molecular weight is 296 g/mol. The van der Waals surface area contributed by atoms with Crippen molar-refractivity contribution in [2.24, 2.45) is 5.92 Å². The lowest BCUT2D eigenvalue weighted by Gasteiger charge is -2.24. The molecule has 2 aliphatic rings. The Hall–Kier alpha value is -1.59. The summed E-state index contributed by atoms with van der Waals surface area (Å²) in [6.07, 6.45) is 5.47. The number of hydrogen-bond donors (Lipinski definition) is 2. The van der Waals surface area contributed by atoms with E-state index < -0.39 is 12.0 Å². The SMILES string of the molecule is CC(CC(=O)N1CCC[C@@H]1C(=O)O)NC(=O)C1CCCC1. The van der Waals surface area contributed by atoms with Gasteiger partial charge in [-0.15, -0.1) is 0 Å². The molecule has 2 N–H and O–H groups in total. The van der Waals surface area contributed by atoms with Crippen molar-refractivity contribution in [3.63, 3.8) is 0 Å². The minimum atomic E-state index is -0.941. The van der Waals surface area contributed by atoms with E-state index in [1.54, 1.807) is 6.92 Å². The van der Waals surface area contributed by atoms with Crippen LogP contribution >= 0.6 is 0 Å². The Morgan fingerprint density at radius 1 is 1.19 bits per heavy atom. The van der Waals surface area contributed by atoms with Gasteiger partial charge in [-0.1, -0.05) is 12.8 Å². The molecule has 1 unspecified atom stereocenters. The van der Waals surface area contributed by atoms with Crippen molar-refractivity contribution in [3.8, 4) is 0 Å². The van der Waals surface area contributed by atoms with Crippen LogP contribution in [0.2, 0.25) is 0 Å². The number of aliphatic carboxylic acids is 1. The van der Waals surface area contributed by atoms with Gasteiger partial charge in [0.1, 0.15) is 6.04 Å². The highest BCUT2D eigenvalue weighted by Gasteiger charge is 2.34. The van der Waals surface area contributed by atoms with E-state index in [4.69, 9.17) is 5.11 Å². The normalized spacial score (nSPS) is 24.0. The maximum absolute atomic E-state index is 12.2. The second-order valence-corrected chi connectivity index (χ2v) is 6.18. The Bertz CT molecular complexity index is 418. The predicted octanol–water partition coefficient (Wildman–Crippen LogP) is 1.15. The van der Waals surface area contributed by atoms with E-state index in [2.05, 4.69) is 5.32 Å². The van der Waals surface area contributed by atoms with Crippen molar-refractivity contribution in [2.75, 3.05) is 6.54 Å². The Morgan fingerprint density at radius 3 is 2.48 bits per heavy atom. The van der Waals surface area contributed by atoms with Gasteiger partial charge in [0, 0.05) is 24.9 Å². The molecule has 2 amide bonds. The molecule has 2 fully saturated rings. The van der Waals surface area contributed by atoms with E-state index in [0.29, 0.717) is 13.0 Å². The second kappa shape index (κ2) is 6.91. The molecule has 0 spiro atoms. The van der Waals surface area contributed by atoms with E-state index in [-0.39, 0.29) is 30.2 Å². The summed E-state index contributed by atoms with van der Waals surface area (Å²) in [4.78, 5) is 36.7. The fourth-order valence-electron chi connectivity index (χ4n) is 3.30. The Kier molecular flexibility index (Phi) is 5.20. The Labute approximate surface area is 124 Å². The van der Waals surface area contributed by atoms with E-state index in [9.17, 15) is 14.4 Å². The molecule has 0 aromatic rings. The maximum Gasteiger partial charge on any atom is 0.326 e. The molecule has 2 atom stereocenters. The topological polar surface area (TPSA) is 86.7 Å². The summed E-state index contributed by atoms with van der Waals surface area (Å²) < 4.78 is 0. The van der Waals surface area contributed by atoms with Crippen molar-refractivity contribution >= 4 is 17.8 Å². The minimum absolute atomic E-state index is 0.0315. The Morgan fingerprint density at radius 2 is 1.86 bits per heavy atom. The lowest BCUT2D eigenvalue weighted by Crippen LogP contribution is -2.44. The highest BCUT2D eigenvalue weighted by molar-refractivity contribution is 5.85. The molecule has 1 aliphatic heterocycles. The first-order valence-electron chi connectivity index (χ1n) is 7.81. The quantitative estimate of drug-likeness (QED) is 0.796. The molecule has 1 heterocycles. The molecule has 6 heteroatoms. The third-order valence-corrected chi connectivity index (χ3v) is 4.45. The van der Waals surface area contributed by atoms with Crippen molar-refractivity contribution in [2.45, 2.75) is 64.0 Å². The summed E-state index contributed by atoms with van der Waals surface area (Å²) in [6, 6.07) is -0.948. The van der Waals surface area contributed by atoms with Gasteiger partial charge in [0.05, 0.1) is 0 Å². The summed E-state index contributed by atoms with van der Waals surface area (Å²) in [7, 11) is 0. The lowest BCUT2D eigenvalue weighted by atomic mass is 10.1. The first-order chi connectivity index (χ1) is 9.99. The van der Waals surface area contributed by atoms with Crippen LogP contribution in [0.25, 0.3) is 0 Å². The van der Waals surface area contributed by atoms with Crippen LogP contribution in [0.15, 0.2) is 0 Å². The number of hydrogen-bond acceptors (Lipinski definition) is 3. The third kappa shape index (κ3) is 3.95. The van der Waals surface area contributed by atoms with E-state index in [1.807, 2.05) is 0 Å². The van der Waals surface area contributed by atoms with Crippen LogP contribution in [-0.4, -0.2) is 46.4 Å². The van der Waals surface area contributed by atoms with Crippen LogP contribution in [0.1, 0.15) is 51.9 Å². The highest BCUT2D eigenvalue weighted by atomic mass is 16.4. The zero-order valence-electron chi connectivity index (χ0n) is 12.5. The van der Waals surface area contributed by atoms with Gasteiger partial charge < -0.3 is 15.3 Å². The fourth-order valence-corrected chi connectivity index (χ4v) is 3.30. The van der Waals surface area contributed by atoms with Crippen molar-refractivity contribution in [1.82, 2.24) is 10.2 Å². The molecule has 0 aromatic carbocycles. The molecular weight excluding hydrogens is 272 g/mol. The van der Waals surface area contributed by atoms with Crippen molar-refractivity contribution in [3.05, 3.63) is 0 Å². The number of carbonyl (C=O) groups excluding carboxylic acids is 2. The largest absolute Gasteiger partial charge is 0.480 e. The first-order valence-corrected chi connectivity index (χ1v) is 7.81. The molecule has 1 saturated heterocycles. The minimum Gasteiger partial charge on any atom is -0.480 e. The van der Waals surface area contributed by atoms with Gasteiger partial charge in [-0.25, -0.2) is 4.79 Å². The molecule has 0 radical (unpaired) electrons. The smallest absolute Gasteiger partial charge is 0.326 e. The van der Waals surface area contributed by atoms with Crippen molar-refractivity contribution in [1.29, 1.82) is 0 Å². The van der Waals surface area contributed by atoms with Gasteiger partial charge in [-0.2, -0.15) is 0 Å². The number of carboxylic acids is 1. The molecule has 2 rings (SSSR count). The van der Waals surface area contributed by atoms with Crippen LogP contribution in [0.4, 0.5) is 0 Å². The molecule has 6 nitrogen and oxygen atoms in total. The van der Waals surface area contributed by atoms with E-state index in [1.165, 1.54) is 4.90 Å². The van der Waals surface area contributed by atoms with Crippen LogP contribution in [0, 0.1) is 5.92 Å². The van der Waals surface area contributed by atoms with Crippen LogP contribution < -0.4 is 5.32 Å². The first kappa shape index (κ1) is 15.8.